The topological polar surface area (TPSA) is 29.1 Å². The van der Waals surface area contributed by atoms with Gasteiger partial charge in [-0.25, -0.2) is 0 Å². The zero-order chi connectivity index (χ0) is 8.39. The largest absolute Gasteiger partial charge is 0.314 e. The summed E-state index contributed by atoms with van der Waals surface area (Å²) in [6.07, 6.45) is 1.66. The molecular weight excluding hydrogens is 170 g/mol. The van der Waals surface area contributed by atoms with Gasteiger partial charge in [0, 0.05) is 4.70 Å². The molecular formula is C9H6NOS. The lowest BCUT2D eigenvalue weighted by Gasteiger charge is -1.83. The molecule has 3 heteroatoms. The zero-order valence-corrected chi connectivity index (χ0v) is 7.02. The Morgan fingerprint density at radius 3 is 2.92 bits per heavy atom. The van der Waals surface area contributed by atoms with E-state index in [9.17, 15) is 4.79 Å². The predicted octanol–water partition coefficient (Wildman–Crippen LogP) is 2.38. The van der Waals surface area contributed by atoms with E-state index in [1.54, 1.807) is 17.7 Å². The number of anilines is 1. The lowest BCUT2D eigenvalue weighted by atomic mass is 10.3. The van der Waals surface area contributed by atoms with E-state index in [2.05, 4.69) is 5.32 Å². The van der Waals surface area contributed by atoms with Crippen LogP contribution in [0.1, 0.15) is 0 Å². The van der Waals surface area contributed by atoms with Gasteiger partial charge in [-0.15, -0.1) is 11.3 Å². The number of amides is 1. The van der Waals surface area contributed by atoms with Crippen molar-refractivity contribution < 1.29 is 4.79 Å². The average molecular weight is 176 g/mol. The van der Waals surface area contributed by atoms with Crippen molar-refractivity contribution in [1.82, 2.24) is 0 Å². The normalized spacial score (nSPS) is 10.0. The van der Waals surface area contributed by atoms with Crippen LogP contribution in [-0.2, 0) is 4.79 Å². The van der Waals surface area contributed by atoms with Gasteiger partial charge in [-0.3, -0.25) is 4.79 Å². The highest BCUT2D eigenvalue weighted by Crippen LogP contribution is 2.28. The van der Waals surface area contributed by atoms with Crippen molar-refractivity contribution in [2.24, 2.45) is 0 Å². The summed E-state index contributed by atoms with van der Waals surface area (Å²) < 4.78 is 1.18. The number of benzene rings is 1. The van der Waals surface area contributed by atoms with E-state index in [-0.39, 0.29) is 0 Å². The summed E-state index contributed by atoms with van der Waals surface area (Å²) in [7, 11) is 0. The third-order valence-corrected chi connectivity index (χ3v) is 2.63. The van der Waals surface area contributed by atoms with Crippen LogP contribution in [0.3, 0.4) is 0 Å². The Balaban J connectivity index is 2.54. The van der Waals surface area contributed by atoms with Gasteiger partial charge in [0.1, 0.15) is 0 Å². The smallest absolute Gasteiger partial charge is 0.309 e. The molecule has 1 aromatic heterocycles. The molecule has 1 radical (unpaired) electrons. The van der Waals surface area contributed by atoms with Crippen molar-refractivity contribution in [3.63, 3.8) is 0 Å². The van der Waals surface area contributed by atoms with Crippen LogP contribution in [0.5, 0.6) is 0 Å². The molecule has 59 valence electrons. The Bertz CT molecular complexity index is 375. The van der Waals surface area contributed by atoms with E-state index in [0.29, 0.717) is 0 Å². The molecule has 1 heterocycles. The maximum Gasteiger partial charge on any atom is 0.314 e. The predicted molar refractivity (Wildman–Crippen MR) is 51.1 cm³/mol. The SMILES string of the molecule is O=[C]Nc1cc2ccccc2s1. The van der Waals surface area contributed by atoms with E-state index >= 15 is 0 Å². The number of carbonyl (C=O) groups excluding carboxylic acids is 1. The molecule has 0 aliphatic rings. The fourth-order valence-corrected chi connectivity index (χ4v) is 2.00. The molecule has 2 nitrogen and oxygen atoms in total. The Kier molecular flexibility index (Phi) is 1.80. The number of hydrogen-bond acceptors (Lipinski definition) is 2. The second-order valence-electron chi connectivity index (χ2n) is 2.38. The van der Waals surface area contributed by atoms with Crippen LogP contribution in [-0.4, -0.2) is 6.41 Å². The summed E-state index contributed by atoms with van der Waals surface area (Å²) >= 11 is 1.55. The molecule has 0 unspecified atom stereocenters. The lowest BCUT2D eigenvalue weighted by molar-refractivity contribution is 0.561. The maximum absolute atomic E-state index is 10.0. The first-order valence-electron chi connectivity index (χ1n) is 3.52. The Hall–Kier alpha value is -1.35. The Labute approximate surface area is 73.8 Å². The molecule has 0 aliphatic carbocycles. The molecule has 2 aromatic rings. The van der Waals surface area contributed by atoms with Crippen LogP contribution >= 0.6 is 11.3 Å². The summed E-state index contributed by atoms with van der Waals surface area (Å²) in [5.74, 6) is 0. The van der Waals surface area contributed by atoms with Gasteiger partial charge >= 0.3 is 6.41 Å². The fourth-order valence-electron chi connectivity index (χ4n) is 1.09. The highest BCUT2D eigenvalue weighted by molar-refractivity contribution is 7.22. The van der Waals surface area contributed by atoms with E-state index in [1.165, 1.54) is 4.70 Å². The number of rotatable bonds is 2. The van der Waals surface area contributed by atoms with Gasteiger partial charge in [0.05, 0.1) is 5.00 Å². The van der Waals surface area contributed by atoms with Crippen LogP contribution < -0.4 is 5.32 Å². The summed E-state index contributed by atoms with van der Waals surface area (Å²) in [6.45, 7) is 0. The summed E-state index contributed by atoms with van der Waals surface area (Å²) in [5.41, 5.74) is 0. The van der Waals surface area contributed by atoms with Crippen LogP contribution in [0.2, 0.25) is 0 Å². The molecule has 12 heavy (non-hydrogen) atoms. The maximum atomic E-state index is 10.0. The minimum absolute atomic E-state index is 0.839. The zero-order valence-electron chi connectivity index (χ0n) is 6.20. The van der Waals surface area contributed by atoms with Crippen LogP contribution in [0.4, 0.5) is 5.00 Å². The van der Waals surface area contributed by atoms with Crippen LogP contribution in [0, 0.1) is 0 Å². The van der Waals surface area contributed by atoms with E-state index < -0.39 is 0 Å². The van der Waals surface area contributed by atoms with Gasteiger partial charge < -0.3 is 5.32 Å². The van der Waals surface area contributed by atoms with Gasteiger partial charge in [0.2, 0.25) is 0 Å². The molecule has 0 atom stereocenters. The standard InChI is InChI=1S/C9H6NOS/c11-6-10-9-5-7-3-1-2-4-8(7)12-9/h1-5H,(H,10,11). The highest BCUT2D eigenvalue weighted by Gasteiger charge is 1.98. The number of fused-ring (bicyclic) bond motifs is 1. The van der Waals surface area contributed by atoms with Crippen molar-refractivity contribution in [3.8, 4) is 0 Å². The summed E-state index contributed by atoms with van der Waals surface area (Å²) in [6, 6.07) is 9.93. The average Bonchev–Trinajstić information content (AvgIpc) is 2.47. The van der Waals surface area contributed by atoms with Crippen molar-refractivity contribution >= 4 is 32.8 Å². The van der Waals surface area contributed by atoms with Gasteiger partial charge in [-0.2, -0.15) is 0 Å². The molecule has 1 amide bonds. The Morgan fingerprint density at radius 2 is 2.17 bits per heavy atom. The quantitative estimate of drug-likeness (QED) is 0.699. The summed E-state index contributed by atoms with van der Waals surface area (Å²) in [5, 5.41) is 4.50. The fraction of sp³-hybridized carbons (Fsp3) is 0. The second kappa shape index (κ2) is 2.95. The van der Waals surface area contributed by atoms with Crippen molar-refractivity contribution in [1.29, 1.82) is 0 Å². The van der Waals surface area contributed by atoms with Crippen molar-refractivity contribution in [2.75, 3.05) is 5.32 Å². The number of thiophene rings is 1. The molecule has 0 spiro atoms. The van der Waals surface area contributed by atoms with Crippen LogP contribution in [0.15, 0.2) is 30.3 Å². The van der Waals surface area contributed by atoms with E-state index in [0.717, 1.165) is 10.4 Å². The van der Waals surface area contributed by atoms with Gasteiger partial charge in [-0.05, 0) is 17.5 Å². The third-order valence-electron chi connectivity index (χ3n) is 1.60. The van der Waals surface area contributed by atoms with E-state index in [1.807, 2.05) is 30.3 Å². The molecule has 0 saturated heterocycles. The molecule has 0 aliphatic heterocycles. The van der Waals surface area contributed by atoms with Crippen LogP contribution in [0.25, 0.3) is 10.1 Å². The summed E-state index contributed by atoms with van der Waals surface area (Å²) in [4.78, 5) is 10.0. The molecule has 0 bridgehead atoms. The van der Waals surface area contributed by atoms with Gasteiger partial charge in [-0.1, -0.05) is 18.2 Å². The Morgan fingerprint density at radius 1 is 1.33 bits per heavy atom. The molecule has 2 rings (SSSR count). The number of nitrogens with one attached hydrogen (secondary N) is 1. The monoisotopic (exact) mass is 176 g/mol. The highest BCUT2D eigenvalue weighted by atomic mass is 32.1. The van der Waals surface area contributed by atoms with Crippen molar-refractivity contribution in [3.05, 3.63) is 30.3 Å². The minimum atomic E-state index is 0.839. The lowest BCUT2D eigenvalue weighted by Crippen LogP contribution is -1.88. The second-order valence-corrected chi connectivity index (χ2v) is 3.46. The first kappa shape index (κ1) is 7.31. The molecule has 0 fully saturated rings. The van der Waals surface area contributed by atoms with E-state index in [4.69, 9.17) is 0 Å². The van der Waals surface area contributed by atoms with Gasteiger partial charge in [0.25, 0.3) is 0 Å². The molecule has 0 saturated carbocycles. The molecule has 1 aromatic carbocycles. The first-order valence-corrected chi connectivity index (χ1v) is 4.33. The third kappa shape index (κ3) is 1.19. The number of hydrogen-bond donors (Lipinski definition) is 1. The molecule has 1 N–H and O–H groups in total. The minimum Gasteiger partial charge on any atom is -0.309 e. The van der Waals surface area contributed by atoms with Gasteiger partial charge in [0.15, 0.2) is 0 Å². The van der Waals surface area contributed by atoms with Crippen molar-refractivity contribution in [2.45, 2.75) is 0 Å². The first-order chi connectivity index (χ1) is 5.90.